The van der Waals surface area contributed by atoms with E-state index in [1.165, 1.54) is 38.5 Å². The average Bonchev–Trinajstić information content (AvgIpc) is 2.59. The van der Waals surface area contributed by atoms with Gasteiger partial charge in [-0.05, 0) is 31.1 Å². The molecule has 0 nitrogen and oxygen atoms in total. The molecule has 0 saturated carbocycles. The van der Waals surface area contributed by atoms with Crippen LogP contribution in [0.3, 0.4) is 0 Å². The van der Waals surface area contributed by atoms with E-state index in [0.29, 0.717) is 5.41 Å². The van der Waals surface area contributed by atoms with Crippen molar-refractivity contribution in [3.8, 4) is 0 Å². The number of allylic oxidation sites excluding steroid dienone is 2. The maximum Gasteiger partial charge on any atom is 0.0242 e. The van der Waals surface area contributed by atoms with Gasteiger partial charge in [0.25, 0.3) is 0 Å². The molecule has 0 aliphatic heterocycles. The maximum absolute atomic E-state index is 3.56. The number of alkyl halides is 1. The van der Waals surface area contributed by atoms with E-state index in [1.807, 2.05) is 0 Å². The number of halogens is 1. The Kier molecular flexibility index (Phi) is 4.51. The van der Waals surface area contributed by atoms with E-state index in [1.54, 1.807) is 5.57 Å². The monoisotopic (exact) mass is 244 g/mol. The third-order valence-electron chi connectivity index (χ3n) is 3.36. The molecule has 1 rings (SSSR count). The lowest BCUT2D eigenvalue weighted by Crippen LogP contribution is -2.13. The van der Waals surface area contributed by atoms with Crippen LogP contribution in [0.15, 0.2) is 11.6 Å². The highest BCUT2D eigenvalue weighted by Gasteiger charge is 2.29. The van der Waals surface area contributed by atoms with E-state index in [4.69, 9.17) is 0 Å². The second kappa shape index (κ2) is 5.19. The summed E-state index contributed by atoms with van der Waals surface area (Å²) in [6.07, 6.45) is 10.7. The van der Waals surface area contributed by atoms with Crippen LogP contribution in [-0.2, 0) is 0 Å². The highest BCUT2D eigenvalue weighted by atomic mass is 79.9. The van der Waals surface area contributed by atoms with Crippen molar-refractivity contribution in [1.29, 1.82) is 0 Å². The summed E-state index contributed by atoms with van der Waals surface area (Å²) in [5.41, 5.74) is 2.19. The molecule has 0 heterocycles. The smallest absolute Gasteiger partial charge is 0.0242 e. The summed E-state index contributed by atoms with van der Waals surface area (Å²) in [6.45, 7) is 4.62. The Labute approximate surface area is 90.9 Å². The molecule has 0 aromatic rings. The zero-order valence-corrected chi connectivity index (χ0v) is 10.5. The van der Waals surface area contributed by atoms with Crippen LogP contribution in [-0.4, -0.2) is 5.33 Å². The molecule has 0 amide bonds. The topological polar surface area (TPSA) is 0 Å². The van der Waals surface area contributed by atoms with Crippen LogP contribution in [0.4, 0.5) is 0 Å². The van der Waals surface area contributed by atoms with Crippen LogP contribution in [0.25, 0.3) is 0 Å². The molecule has 0 aromatic carbocycles. The molecule has 1 atom stereocenters. The van der Waals surface area contributed by atoms with E-state index in [9.17, 15) is 0 Å². The lowest BCUT2D eigenvalue weighted by molar-refractivity contribution is 0.320. The van der Waals surface area contributed by atoms with Gasteiger partial charge in [0.05, 0.1) is 0 Å². The Morgan fingerprint density at radius 3 is 2.69 bits per heavy atom. The van der Waals surface area contributed by atoms with Crippen molar-refractivity contribution < 1.29 is 0 Å². The first-order valence-corrected chi connectivity index (χ1v) is 6.65. The molecule has 0 saturated heterocycles. The molecule has 0 aromatic heterocycles. The molecule has 0 bridgehead atoms. The molecule has 0 radical (unpaired) electrons. The van der Waals surface area contributed by atoms with E-state index < -0.39 is 0 Å². The number of hydrogen-bond acceptors (Lipinski definition) is 0. The molecule has 13 heavy (non-hydrogen) atoms. The molecule has 1 aliphatic rings. The summed E-state index contributed by atoms with van der Waals surface area (Å²) in [6, 6.07) is 0. The lowest BCUT2D eigenvalue weighted by atomic mass is 9.80. The van der Waals surface area contributed by atoms with Crippen molar-refractivity contribution in [2.75, 3.05) is 5.33 Å². The van der Waals surface area contributed by atoms with Gasteiger partial charge in [0.2, 0.25) is 0 Å². The molecular weight excluding hydrogens is 224 g/mol. The molecule has 1 unspecified atom stereocenters. The quantitative estimate of drug-likeness (QED) is 0.487. The Bertz CT molecular complexity index is 184. The minimum atomic E-state index is 0.569. The first-order chi connectivity index (χ1) is 6.26. The fraction of sp³-hybridized carbons (Fsp3) is 0.833. The Hall–Kier alpha value is 0.220. The molecule has 0 N–H and O–H groups in total. The van der Waals surface area contributed by atoms with Crippen LogP contribution >= 0.6 is 15.9 Å². The molecule has 0 spiro atoms. The van der Waals surface area contributed by atoms with Gasteiger partial charge < -0.3 is 0 Å². The maximum atomic E-state index is 3.56. The summed E-state index contributed by atoms with van der Waals surface area (Å²) >= 11 is 3.56. The highest BCUT2D eigenvalue weighted by Crippen LogP contribution is 2.43. The highest BCUT2D eigenvalue weighted by molar-refractivity contribution is 9.09. The molecule has 0 fully saturated rings. The Balaban J connectivity index is 2.56. The third kappa shape index (κ3) is 2.83. The zero-order chi connectivity index (χ0) is 9.73. The fourth-order valence-corrected chi connectivity index (χ4v) is 2.72. The van der Waals surface area contributed by atoms with Gasteiger partial charge in [0.1, 0.15) is 0 Å². The van der Waals surface area contributed by atoms with Crippen molar-refractivity contribution in [2.24, 2.45) is 5.41 Å². The van der Waals surface area contributed by atoms with Crippen LogP contribution in [0.1, 0.15) is 52.4 Å². The Morgan fingerprint density at radius 1 is 1.46 bits per heavy atom. The predicted molar refractivity (Wildman–Crippen MR) is 63.4 cm³/mol. The molecule has 1 heteroatoms. The van der Waals surface area contributed by atoms with Gasteiger partial charge in [-0.25, -0.2) is 0 Å². The van der Waals surface area contributed by atoms with Gasteiger partial charge >= 0.3 is 0 Å². The molecule has 1 aliphatic carbocycles. The summed E-state index contributed by atoms with van der Waals surface area (Å²) < 4.78 is 0. The van der Waals surface area contributed by atoms with Crippen LogP contribution in [0, 0.1) is 5.41 Å². The average molecular weight is 245 g/mol. The van der Waals surface area contributed by atoms with Crippen molar-refractivity contribution in [3.05, 3.63) is 11.6 Å². The van der Waals surface area contributed by atoms with E-state index >= 15 is 0 Å². The SMILES string of the molecule is CCCCC1(CC)C=C(CBr)CC1. The Morgan fingerprint density at radius 2 is 2.23 bits per heavy atom. The van der Waals surface area contributed by atoms with Gasteiger partial charge in [0.15, 0.2) is 0 Å². The normalized spacial score (nSPS) is 27.8. The van der Waals surface area contributed by atoms with Crippen LogP contribution in [0.2, 0.25) is 0 Å². The second-order valence-electron chi connectivity index (χ2n) is 4.26. The summed E-state index contributed by atoms with van der Waals surface area (Å²) in [5.74, 6) is 0. The predicted octanol–water partition coefficient (Wildman–Crippen LogP) is 4.69. The third-order valence-corrected chi connectivity index (χ3v) is 4.08. The first kappa shape index (κ1) is 11.3. The summed E-state index contributed by atoms with van der Waals surface area (Å²) in [7, 11) is 0. The van der Waals surface area contributed by atoms with Gasteiger partial charge in [-0.1, -0.05) is 54.3 Å². The van der Waals surface area contributed by atoms with E-state index in [-0.39, 0.29) is 0 Å². The standard InChI is InChI=1S/C12H21Br/c1-3-5-7-12(4-2)8-6-11(9-12)10-13/h9H,3-8,10H2,1-2H3. The van der Waals surface area contributed by atoms with E-state index in [2.05, 4.69) is 35.9 Å². The van der Waals surface area contributed by atoms with Crippen LogP contribution in [0.5, 0.6) is 0 Å². The van der Waals surface area contributed by atoms with Gasteiger partial charge in [-0.15, -0.1) is 0 Å². The van der Waals surface area contributed by atoms with Gasteiger partial charge in [-0.2, -0.15) is 0 Å². The van der Waals surface area contributed by atoms with Crippen molar-refractivity contribution in [1.82, 2.24) is 0 Å². The molecule has 76 valence electrons. The van der Waals surface area contributed by atoms with Gasteiger partial charge in [0, 0.05) is 5.33 Å². The van der Waals surface area contributed by atoms with Crippen molar-refractivity contribution >= 4 is 15.9 Å². The van der Waals surface area contributed by atoms with E-state index in [0.717, 1.165) is 5.33 Å². The number of unbranched alkanes of at least 4 members (excludes halogenated alkanes) is 1. The van der Waals surface area contributed by atoms with Crippen molar-refractivity contribution in [2.45, 2.75) is 52.4 Å². The second-order valence-corrected chi connectivity index (χ2v) is 4.82. The fourth-order valence-electron chi connectivity index (χ4n) is 2.27. The first-order valence-electron chi connectivity index (χ1n) is 5.53. The zero-order valence-electron chi connectivity index (χ0n) is 8.91. The minimum absolute atomic E-state index is 0.569. The number of hydrogen-bond donors (Lipinski definition) is 0. The largest absolute Gasteiger partial charge is 0.0880 e. The lowest BCUT2D eigenvalue weighted by Gasteiger charge is -2.25. The minimum Gasteiger partial charge on any atom is -0.0880 e. The molecular formula is C12H21Br. The number of rotatable bonds is 5. The van der Waals surface area contributed by atoms with Gasteiger partial charge in [-0.3, -0.25) is 0 Å². The van der Waals surface area contributed by atoms with Crippen LogP contribution < -0.4 is 0 Å². The summed E-state index contributed by atoms with van der Waals surface area (Å²) in [4.78, 5) is 0. The summed E-state index contributed by atoms with van der Waals surface area (Å²) in [5, 5.41) is 1.08. The van der Waals surface area contributed by atoms with Crippen molar-refractivity contribution in [3.63, 3.8) is 0 Å².